The first-order valence-electron chi connectivity index (χ1n) is 8.41. The van der Waals surface area contributed by atoms with Gasteiger partial charge in [0.15, 0.2) is 5.82 Å². The molecule has 2 heterocycles. The molecule has 1 saturated carbocycles. The lowest BCUT2D eigenvalue weighted by Gasteiger charge is -2.31. The average molecular weight is 343 g/mol. The molecule has 0 spiro atoms. The molecule has 6 nitrogen and oxygen atoms in total. The predicted molar refractivity (Wildman–Crippen MR) is 89.3 cm³/mol. The van der Waals surface area contributed by atoms with Gasteiger partial charge in [0.05, 0.1) is 5.54 Å². The van der Waals surface area contributed by atoms with Gasteiger partial charge in [0, 0.05) is 24.9 Å². The SMILES string of the molecule is CC(C)C(=O)N1CCC(c2nc(C3(N)CCCC3)no2)CC1.Cl. The number of amides is 1. The van der Waals surface area contributed by atoms with Crippen LogP contribution in [0.25, 0.3) is 0 Å². The van der Waals surface area contributed by atoms with Crippen molar-refractivity contribution in [2.45, 2.75) is 63.8 Å². The Kier molecular flexibility index (Phi) is 5.68. The number of rotatable bonds is 3. The lowest BCUT2D eigenvalue weighted by atomic mass is 9.95. The van der Waals surface area contributed by atoms with Crippen LogP contribution in [-0.2, 0) is 10.3 Å². The summed E-state index contributed by atoms with van der Waals surface area (Å²) in [4.78, 5) is 18.6. The third-order valence-corrected chi connectivity index (χ3v) is 5.03. The number of nitrogens with zero attached hydrogens (tertiary/aromatic N) is 3. The monoisotopic (exact) mass is 342 g/mol. The van der Waals surface area contributed by atoms with Crippen LogP contribution in [0.4, 0.5) is 0 Å². The second-order valence-electron chi connectivity index (χ2n) is 7.07. The zero-order chi connectivity index (χ0) is 15.7. The lowest BCUT2D eigenvalue weighted by molar-refractivity contribution is -0.135. The number of likely N-dealkylation sites (tertiary alicyclic amines) is 1. The number of halogens is 1. The Morgan fingerprint density at radius 3 is 2.48 bits per heavy atom. The van der Waals surface area contributed by atoms with E-state index in [0.29, 0.717) is 11.7 Å². The van der Waals surface area contributed by atoms with Gasteiger partial charge in [-0.15, -0.1) is 12.4 Å². The summed E-state index contributed by atoms with van der Waals surface area (Å²) in [5.41, 5.74) is 5.99. The summed E-state index contributed by atoms with van der Waals surface area (Å²) < 4.78 is 5.48. The molecule has 1 saturated heterocycles. The first-order chi connectivity index (χ1) is 10.5. The molecule has 0 aromatic carbocycles. The van der Waals surface area contributed by atoms with Gasteiger partial charge in [-0.3, -0.25) is 4.79 Å². The van der Waals surface area contributed by atoms with E-state index < -0.39 is 5.54 Å². The maximum absolute atomic E-state index is 12.0. The average Bonchev–Trinajstić information content (AvgIpc) is 3.16. The third kappa shape index (κ3) is 3.69. The fourth-order valence-corrected chi connectivity index (χ4v) is 3.54. The largest absolute Gasteiger partial charge is 0.342 e. The van der Waals surface area contributed by atoms with Crippen molar-refractivity contribution in [3.63, 3.8) is 0 Å². The van der Waals surface area contributed by atoms with E-state index in [0.717, 1.165) is 51.6 Å². The summed E-state index contributed by atoms with van der Waals surface area (Å²) in [5, 5.41) is 4.14. The van der Waals surface area contributed by atoms with Crippen LogP contribution in [0, 0.1) is 5.92 Å². The van der Waals surface area contributed by atoms with E-state index in [4.69, 9.17) is 10.3 Å². The minimum absolute atomic E-state index is 0. The van der Waals surface area contributed by atoms with Crippen molar-refractivity contribution in [2.75, 3.05) is 13.1 Å². The van der Waals surface area contributed by atoms with Crippen LogP contribution < -0.4 is 5.73 Å². The standard InChI is InChI=1S/C16H26N4O2.ClH/c1-11(2)14(21)20-9-5-12(6-10-20)13-18-15(19-22-13)16(17)7-3-4-8-16;/h11-12H,3-10,17H2,1-2H3;1H. The molecule has 1 amide bonds. The molecule has 7 heteroatoms. The van der Waals surface area contributed by atoms with Crippen LogP contribution in [0.5, 0.6) is 0 Å². The highest BCUT2D eigenvalue weighted by atomic mass is 35.5. The van der Waals surface area contributed by atoms with Crippen molar-refractivity contribution in [3.05, 3.63) is 11.7 Å². The summed E-state index contributed by atoms with van der Waals surface area (Å²) in [6.07, 6.45) is 5.92. The fourth-order valence-electron chi connectivity index (χ4n) is 3.54. The number of hydrogen-bond donors (Lipinski definition) is 1. The smallest absolute Gasteiger partial charge is 0.229 e. The Balaban J connectivity index is 0.00000192. The fraction of sp³-hybridized carbons (Fsp3) is 0.812. The maximum atomic E-state index is 12.0. The van der Waals surface area contributed by atoms with Gasteiger partial charge in [-0.1, -0.05) is 31.8 Å². The highest BCUT2D eigenvalue weighted by Crippen LogP contribution is 2.36. The number of carbonyl (C=O) groups excluding carboxylic acids is 1. The van der Waals surface area contributed by atoms with Crippen molar-refractivity contribution in [3.8, 4) is 0 Å². The minimum atomic E-state index is -0.393. The minimum Gasteiger partial charge on any atom is -0.342 e. The van der Waals surface area contributed by atoms with Gasteiger partial charge in [-0.25, -0.2) is 0 Å². The number of nitrogens with two attached hydrogens (primary N) is 1. The van der Waals surface area contributed by atoms with Crippen molar-refractivity contribution in [1.82, 2.24) is 15.0 Å². The summed E-state index contributed by atoms with van der Waals surface area (Å²) in [7, 11) is 0. The molecule has 0 radical (unpaired) electrons. The molecule has 1 aliphatic heterocycles. The lowest BCUT2D eigenvalue weighted by Crippen LogP contribution is -2.40. The van der Waals surface area contributed by atoms with Crippen LogP contribution in [0.1, 0.15) is 70.0 Å². The molecule has 1 aromatic rings. The van der Waals surface area contributed by atoms with Crippen LogP contribution in [0.2, 0.25) is 0 Å². The van der Waals surface area contributed by atoms with Crippen molar-refractivity contribution in [2.24, 2.45) is 11.7 Å². The number of carbonyl (C=O) groups is 1. The molecular weight excluding hydrogens is 316 g/mol. The molecule has 0 bridgehead atoms. The Morgan fingerprint density at radius 1 is 1.30 bits per heavy atom. The molecule has 0 unspecified atom stereocenters. The van der Waals surface area contributed by atoms with Gasteiger partial charge in [-0.05, 0) is 25.7 Å². The zero-order valence-electron chi connectivity index (χ0n) is 14.0. The van der Waals surface area contributed by atoms with Crippen molar-refractivity contribution < 1.29 is 9.32 Å². The van der Waals surface area contributed by atoms with Crippen molar-refractivity contribution >= 4 is 18.3 Å². The van der Waals surface area contributed by atoms with E-state index in [-0.39, 0.29) is 30.2 Å². The van der Waals surface area contributed by atoms with E-state index in [9.17, 15) is 4.79 Å². The number of piperidine rings is 1. The van der Waals surface area contributed by atoms with Gasteiger partial charge in [0.1, 0.15) is 0 Å². The van der Waals surface area contributed by atoms with Gasteiger partial charge in [0.25, 0.3) is 0 Å². The molecule has 1 aliphatic carbocycles. The zero-order valence-corrected chi connectivity index (χ0v) is 14.8. The molecular formula is C16H27ClN4O2. The number of hydrogen-bond acceptors (Lipinski definition) is 5. The second-order valence-corrected chi connectivity index (χ2v) is 7.07. The van der Waals surface area contributed by atoms with E-state index in [1.165, 1.54) is 0 Å². The van der Waals surface area contributed by atoms with E-state index in [1.807, 2.05) is 18.7 Å². The Bertz CT molecular complexity index is 532. The Labute approximate surface area is 143 Å². The van der Waals surface area contributed by atoms with Gasteiger partial charge in [0.2, 0.25) is 11.8 Å². The van der Waals surface area contributed by atoms with E-state index in [2.05, 4.69) is 10.1 Å². The van der Waals surface area contributed by atoms with Crippen LogP contribution in [-0.4, -0.2) is 34.0 Å². The molecule has 1 aromatic heterocycles. The van der Waals surface area contributed by atoms with Gasteiger partial charge >= 0.3 is 0 Å². The summed E-state index contributed by atoms with van der Waals surface area (Å²) in [6.45, 7) is 5.43. The third-order valence-electron chi connectivity index (χ3n) is 5.03. The van der Waals surface area contributed by atoms with Gasteiger partial charge < -0.3 is 15.2 Å². The summed E-state index contributed by atoms with van der Waals surface area (Å²) in [6, 6.07) is 0. The molecule has 2 fully saturated rings. The Morgan fingerprint density at radius 2 is 1.91 bits per heavy atom. The van der Waals surface area contributed by atoms with Crippen LogP contribution >= 0.6 is 12.4 Å². The predicted octanol–water partition coefficient (Wildman–Crippen LogP) is 2.58. The van der Waals surface area contributed by atoms with Crippen molar-refractivity contribution in [1.29, 1.82) is 0 Å². The van der Waals surface area contributed by atoms with Gasteiger partial charge in [-0.2, -0.15) is 4.98 Å². The molecule has 130 valence electrons. The summed E-state index contributed by atoms with van der Waals surface area (Å²) >= 11 is 0. The highest BCUT2D eigenvalue weighted by Gasteiger charge is 2.37. The highest BCUT2D eigenvalue weighted by molar-refractivity contribution is 5.85. The quantitative estimate of drug-likeness (QED) is 0.912. The van der Waals surface area contributed by atoms with E-state index >= 15 is 0 Å². The summed E-state index contributed by atoms with van der Waals surface area (Å²) in [5.74, 6) is 1.91. The molecule has 0 atom stereocenters. The maximum Gasteiger partial charge on any atom is 0.229 e. The number of aromatic nitrogens is 2. The Hall–Kier alpha value is -1.14. The molecule has 2 aliphatic rings. The van der Waals surface area contributed by atoms with Crippen LogP contribution in [0.3, 0.4) is 0 Å². The van der Waals surface area contributed by atoms with E-state index in [1.54, 1.807) is 0 Å². The molecule has 23 heavy (non-hydrogen) atoms. The molecule has 3 rings (SSSR count). The molecule has 2 N–H and O–H groups in total. The normalized spacial score (nSPS) is 21.5. The van der Waals surface area contributed by atoms with Crippen LogP contribution in [0.15, 0.2) is 4.52 Å². The topological polar surface area (TPSA) is 85.2 Å². The second kappa shape index (κ2) is 7.18. The first kappa shape index (κ1) is 18.2. The first-order valence-corrected chi connectivity index (χ1v) is 8.41.